The van der Waals surface area contributed by atoms with Gasteiger partial charge in [0.1, 0.15) is 5.75 Å². The lowest BCUT2D eigenvalue weighted by molar-refractivity contribution is -0.127. The number of amides is 3. The molecule has 6 nitrogen and oxygen atoms in total. The fourth-order valence-corrected chi connectivity index (χ4v) is 3.01. The fraction of sp³-hybridized carbons (Fsp3) is 0.579. The lowest BCUT2D eigenvalue weighted by Crippen LogP contribution is -2.48. The second-order valence-corrected chi connectivity index (χ2v) is 6.75. The third-order valence-electron chi connectivity index (χ3n) is 4.45. The highest BCUT2D eigenvalue weighted by Crippen LogP contribution is 2.13. The summed E-state index contributed by atoms with van der Waals surface area (Å²) in [7, 11) is 1.65. The molecule has 1 aliphatic heterocycles. The average molecular weight is 347 g/mol. The molecule has 0 radical (unpaired) electrons. The van der Waals surface area contributed by atoms with Crippen molar-refractivity contribution in [1.82, 2.24) is 15.5 Å². The molecule has 25 heavy (non-hydrogen) atoms. The minimum absolute atomic E-state index is 0.0594. The van der Waals surface area contributed by atoms with Crippen LogP contribution in [-0.4, -0.2) is 49.1 Å². The molecule has 2 N–H and O–H groups in total. The normalized spacial score (nSPS) is 16.4. The molecule has 0 unspecified atom stereocenters. The molecule has 1 fully saturated rings. The van der Waals surface area contributed by atoms with Gasteiger partial charge in [-0.05, 0) is 50.8 Å². The van der Waals surface area contributed by atoms with Gasteiger partial charge in [-0.3, -0.25) is 4.79 Å². The third-order valence-corrected chi connectivity index (χ3v) is 4.45. The Morgan fingerprint density at radius 3 is 2.48 bits per heavy atom. The van der Waals surface area contributed by atoms with Crippen LogP contribution in [0.3, 0.4) is 0 Å². The Kier molecular flexibility index (Phi) is 7.10. The maximum Gasteiger partial charge on any atom is 0.315 e. The molecule has 2 atom stereocenters. The topological polar surface area (TPSA) is 70.7 Å². The Balaban J connectivity index is 1.67. The lowest BCUT2D eigenvalue weighted by Gasteiger charge is -2.23. The van der Waals surface area contributed by atoms with Gasteiger partial charge in [-0.1, -0.05) is 12.1 Å². The molecule has 0 saturated carbocycles. The zero-order valence-corrected chi connectivity index (χ0v) is 15.4. The van der Waals surface area contributed by atoms with Gasteiger partial charge in [0.15, 0.2) is 0 Å². The molecule has 0 spiro atoms. The summed E-state index contributed by atoms with van der Waals surface area (Å²) in [5.74, 6) is 1.03. The van der Waals surface area contributed by atoms with Crippen LogP contribution in [0, 0.1) is 0 Å². The number of nitrogens with one attached hydrogen (secondary N) is 2. The molecular formula is C19H29N3O3. The minimum atomic E-state index is -0.179. The van der Waals surface area contributed by atoms with Gasteiger partial charge < -0.3 is 20.3 Å². The van der Waals surface area contributed by atoms with E-state index in [0.29, 0.717) is 13.0 Å². The van der Waals surface area contributed by atoms with E-state index in [-0.39, 0.29) is 24.0 Å². The Morgan fingerprint density at radius 1 is 1.20 bits per heavy atom. The van der Waals surface area contributed by atoms with Crippen molar-refractivity contribution < 1.29 is 14.3 Å². The van der Waals surface area contributed by atoms with Gasteiger partial charge in [-0.2, -0.15) is 0 Å². The number of carbonyl (C=O) groups is 2. The summed E-state index contributed by atoms with van der Waals surface area (Å²) in [4.78, 5) is 25.5. The highest BCUT2D eigenvalue weighted by atomic mass is 16.5. The number of urea groups is 1. The maximum absolute atomic E-state index is 12.1. The van der Waals surface area contributed by atoms with Crippen LogP contribution in [0.4, 0.5) is 4.79 Å². The van der Waals surface area contributed by atoms with Crippen LogP contribution in [-0.2, 0) is 11.2 Å². The summed E-state index contributed by atoms with van der Waals surface area (Å²) in [5.41, 5.74) is 1.22. The van der Waals surface area contributed by atoms with Crippen molar-refractivity contribution >= 4 is 11.9 Å². The van der Waals surface area contributed by atoms with Crippen molar-refractivity contribution in [1.29, 1.82) is 0 Å². The van der Waals surface area contributed by atoms with Gasteiger partial charge in [0.25, 0.3) is 0 Å². The van der Waals surface area contributed by atoms with Crippen LogP contribution in [0.15, 0.2) is 24.3 Å². The summed E-state index contributed by atoms with van der Waals surface area (Å²) in [6, 6.07) is 7.81. The van der Waals surface area contributed by atoms with Crippen LogP contribution in [0.25, 0.3) is 0 Å². The SMILES string of the molecule is COc1ccc(CC[C@H](C)NC(=O)N[C@H](C)CN2CCCC2=O)cc1. The monoisotopic (exact) mass is 347 g/mol. The number of hydrogen-bond donors (Lipinski definition) is 2. The van der Waals surface area contributed by atoms with Gasteiger partial charge in [0.05, 0.1) is 7.11 Å². The first-order chi connectivity index (χ1) is 12.0. The largest absolute Gasteiger partial charge is 0.497 e. The van der Waals surface area contributed by atoms with Crippen LogP contribution in [0.1, 0.15) is 38.7 Å². The molecule has 0 bridgehead atoms. The van der Waals surface area contributed by atoms with E-state index >= 15 is 0 Å². The molecule has 1 saturated heterocycles. The van der Waals surface area contributed by atoms with Crippen molar-refractivity contribution in [3.05, 3.63) is 29.8 Å². The quantitative estimate of drug-likeness (QED) is 0.758. The second kappa shape index (κ2) is 9.30. The third kappa shape index (κ3) is 6.29. The Bertz CT molecular complexity index is 574. The predicted octanol–water partition coefficient (Wildman–Crippen LogP) is 2.33. The van der Waals surface area contributed by atoms with Crippen molar-refractivity contribution in [3.63, 3.8) is 0 Å². The number of benzene rings is 1. The number of rotatable bonds is 8. The van der Waals surface area contributed by atoms with E-state index in [4.69, 9.17) is 4.74 Å². The number of methoxy groups -OCH3 is 1. The molecule has 2 rings (SSSR count). The van der Waals surface area contributed by atoms with Gasteiger partial charge in [-0.15, -0.1) is 0 Å². The highest BCUT2D eigenvalue weighted by Gasteiger charge is 2.22. The van der Waals surface area contributed by atoms with Gasteiger partial charge in [0, 0.05) is 31.6 Å². The van der Waals surface area contributed by atoms with Crippen molar-refractivity contribution in [3.8, 4) is 5.75 Å². The van der Waals surface area contributed by atoms with Crippen molar-refractivity contribution in [2.45, 2.75) is 51.6 Å². The van der Waals surface area contributed by atoms with E-state index in [1.54, 1.807) is 7.11 Å². The average Bonchev–Trinajstić information content (AvgIpc) is 2.98. The molecule has 1 aromatic rings. The van der Waals surface area contributed by atoms with E-state index in [2.05, 4.69) is 10.6 Å². The second-order valence-electron chi connectivity index (χ2n) is 6.75. The number of likely N-dealkylation sites (tertiary alicyclic amines) is 1. The summed E-state index contributed by atoms with van der Waals surface area (Å²) in [6.07, 6.45) is 3.30. The highest BCUT2D eigenvalue weighted by molar-refractivity contribution is 5.78. The van der Waals surface area contributed by atoms with Gasteiger partial charge in [-0.25, -0.2) is 4.79 Å². The predicted molar refractivity (Wildman–Crippen MR) is 97.7 cm³/mol. The molecule has 0 aromatic heterocycles. The van der Waals surface area contributed by atoms with Crippen LogP contribution in [0.2, 0.25) is 0 Å². The zero-order chi connectivity index (χ0) is 18.2. The number of carbonyl (C=O) groups excluding carboxylic acids is 2. The van der Waals surface area contributed by atoms with Gasteiger partial charge >= 0.3 is 6.03 Å². The molecule has 0 aliphatic carbocycles. The fourth-order valence-electron chi connectivity index (χ4n) is 3.01. The van der Waals surface area contributed by atoms with Crippen molar-refractivity contribution in [2.75, 3.05) is 20.2 Å². The Morgan fingerprint density at radius 2 is 1.88 bits per heavy atom. The smallest absolute Gasteiger partial charge is 0.315 e. The maximum atomic E-state index is 12.1. The van der Waals surface area contributed by atoms with Crippen molar-refractivity contribution in [2.24, 2.45) is 0 Å². The van der Waals surface area contributed by atoms with E-state index in [9.17, 15) is 9.59 Å². The van der Waals surface area contributed by atoms with Crippen LogP contribution >= 0.6 is 0 Å². The first kappa shape index (κ1) is 19.1. The molecular weight excluding hydrogens is 318 g/mol. The van der Waals surface area contributed by atoms with Crippen LogP contribution in [0.5, 0.6) is 5.75 Å². The number of aryl methyl sites for hydroxylation is 1. The van der Waals surface area contributed by atoms with E-state index in [1.165, 1.54) is 5.56 Å². The molecule has 138 valence electrons. The first-order valence-corrected chi connectivity index (χ1v) is 8.95. The van der Waals surface area contributed by atoms with E-state index in [1.807, 2.05) is 43.0 Å². The summed E-state index contributed by atoms with van der Waals surface area (Å²) < 4.78 is 5.15. The number of ether oxygens (including phenoxy) is 1. The number of nitrogens with zero attached hydrogens (tertiary/aromatic N) is 1. The molecule has 1 aromatic carbocycles. The number of hydrogen-bond acceptors (Lipinski definition) is 3. The Hall–Kier alpha value is -2.24. The molecule has 1 aliphatic rings. The minimum Gasteiger partial charge on any atom is -0.497 e. The zero-order valence-electron chi connectivity index (χ0n) is 15.4. The lowest BCUT2D eigenvalue weighted by atomic mass is 10.1. The van der Waals surface area contributed by atoms with E-state index < -0.39 is 0 Å². The Labute approximate surface area is 149 Å². The van der Waals surface area contributed by atoms with Crippen LogP contribution < -0.4 is 15.4 Å². The first-order valence-electron chi connectivity index (χ1n) is 8.95. The summed E-state index contributed by atoms with van der Waals surface area (Å²) >= 11 is 0. The molecule has 1 heterocycles. The molecule has 3 amide bonds. The standard InChI is InChI=1S/C19H29N3O3/c1-14(6-7-16-8-10-17(25-3)11-9-16)20-19(24)21-15(2)13-22-12-4-5-18(22)23/h8-11,14-15H,4-7,12-13H2,1-3H3,(H2,20,21,24)/t14-,15+/m0/s1. The van der Waals surface area contributed by atoms with Gasteiger partial charge in [0.2, 0.25) is 5.91 Å². The van der Waals surface area contributed by atoms with E-state index in [0.717, 1.165) is 31.6 Å². The summed E-state index contributed by atoms with van der Waals surface area (Å²) in [6.45, 7) is 5.29. The molecule has 6 heteroatoms. The summed E-state index contributed by atoms with van der Waals surface area (Å²) in [5, 5.41) is 5.87.